The minimum atomic E-state index is -0.636. The molecular formula is C24H26N4O4. The van der Waals surface area contributed by atoms with E-state index in [0.29, 0.717) is 11.3 Å². The summed E-state index contributed by atoms with van der Waals surface area (Å²) in [6.07, 6.45) is 7.41. The first-order valence-electron chi connectivity index (χ1n) is 10.3. The predicted molar refractivity (Wildman–Crippen MR) is 121 cm³/mol. The highest BCUT2D eigenvalue weighted by Crippen LogP contribution is 2.12. The molecule has 0 unspecified atom stereocenters. The maximum Gasteiger partial charge on any atom is 0.267 e. The van der Waals surface area contributed by atoms with E-state index in [0.717, 1.165) is 49.9 Å². The lowest BCUT2D eigenvalue weighted by Crippen LogP contribution is -2.47. The van der Waals surface area contributed by atoms with E-state index in [9.17, 15) is 14.4 Å². The van der Waals surface area contributed by atoms with Gasteiger partial charge in [0.1, 0.15) is 0 Å². The standard InChI is InChI=1S/C24H26N4O4/c1-18(29)28-14-12-27(13-15-28)17-20-2-6-21(7-3-20)23(30)10-5-19-4-8-22(25-16-19)9-11-24(31)26-32/h2-11,16,32H,12-15,17H2,1H3,(H,26,31)/b10-5+,11-9+. The fourth-order valence-corrected chi connectivity index (χ4v) is 3.33. The molecule has 166 valence electrons. The number of piperazine rings is 1. The van der Waals surface area contributed by atoms with Gasteiger partial charge in [-0.15, -0.1) is 0 Å². The van der Waals surface area contributed by atoms with E-state index >= 15 is 0 Å². The SMILES string of the molecule is CC(=O)N1CCN(Cc2ccc(C(=O)/C=C/c3ccc(/C=C/C(=O)NO)nc3)cc2)CC1. The van der Waals surface area contributed by atoms with E-state index in [1.54, 1.807) is 31.3 Å². The minimum Gasteiger partial charge on any atom is -0.340 e. The first-order chi connectivity index (χ1) is 15.4. The van der Waals surface area contributed by atoms with Crippen molar-refractivity contribution in [1.29, 1.82) is 0 Å². The van der Waals surface area contributed by atoms with Gasteiger partial charge in [0.05, 0.1) is 5.69 Å². The minimum absolute atomic E-state index is 0.102. The lowest BCUT2D eigenvalue weighted by Gasteiger charge is -2.34. The number of carbonyl (C=O) groups excluding carboxylic acids is 3. The van der Waals surface area contributed by atoms with E-state index < -0.39 is 5.91 Å². The number of allylic oxidation sites excluding steroid dienone is 1. The van der Waals surface area contributed by atoms with Crippen LogP contribution in [0, 0.1) is 0 Å². The van der Waals surface area contributed by atoms with Crippen molar-refractivity contribution in [3.8, 4) is 0 Å². The molecule has 1 aromatic heterocycles. The zero-order chi connectivity index (χ0) is 22.9. The van der Waals surface area contributed by atoms with Crippen molar-refractivity contribution < 1.29 is 19.6 Å². The van der Waals surface area contributed by atoms with Crippen molar-refractivity contribution in [1.82, 2.24) is 20.3 Å². The van der Waals surface area contributed by atoms with Gasteiger partial charge in [-0.2, -0.15) is 0 Å². The third-order valence-electron chi connectivity index (χ3n) is 5.21. The zero-order valence-corrected chi connectivity index (χ0v) is 17.9. The fourth-order valence-electron chi connectivity index (χ4n) is 3.33. The Morgan fingerprint density at radius 3 is 2.31 bits per heavy atom. The van der Waals surface area contributed by atoms with Crippen LogP contribution >= 0.6 is 0 Å². The predicted octanol–water partition coefficient (Wildman–Crippen LogP) is 2.16. The van der Waals surface area contributed by atoms with Crippen LogP contribution < -0.4 is 5.48 Å². The van der Waals surface area contributed by atoms with Gasteiger partial charge in [0.25, 0.3) is 5.91 Å². The Morgan fingerprint density at radius 1 is 1.00 bits per heavy atom. The van der Waals surface area contributed by atoms with Gasteiger partial charge in [0.15, 0.2) is 5.78 Å². The largest absolute Gasteiger partial charge is 0.340 e. The summed E-state index contributed by atoms with van der Waals surface area (Å²) in [5.74, 6) is -0.616. The molecule has 1 aliphatic heterocycles. The Morgan fingerprint density at radius 2 is 1.72 bits per heavy atom. The normalized spacial score (nSPS) is 14.8. The molecule has 1 saturated heterocycles. The summed E-state index contributed by atoms with van der Waals surface area (Å²) in [4.78, 5) is 43.2. The van der Waals surface area contributed by atoms with Crippen LogP contribution in [0.15, 0.2) is 54.7 Å². The summed E-state index contributed by atoms with van der Waals surface area (Å²) in [5.41, 5.74) is 4.55. The van der Waals surface area contributed by atoms with Gasteiger partial charge >= 0.3 is 0 Å². The number of pyridine rings is 1. The molecule has 8 nitrogen and oxygen atoms in total. The lowest BCUT2D eigenvalue weighted by atomic mass is 10.1. The summed E-state index contributed by atoms with van der Waals surface area (Å²) in [6, 6.07) is 11.1. The quantitative estimate of drug-likeness (QED) is 0.300. The summed E-state index contributed by atoms with van der Waals surface area (Å²) in [5, 5.41) is 8.46. The van der Waals surface area contributed by atoms with Crippen molar-refractivity contribution in [2.45, 2.75) is 13.5 Å². The van der Waals surface area contributed by atoms with E-state index in [-0.39, 0.29) is 11.7 Å². The van der Waals surface area contributed by atoms with Crippen LogP contribution in [0.4, 0.5) is 0 Å². The fraction of sp³-hybridized carbons (Fsp3) is 0.250. The number of rotatable bonds is 7. The number of carbonyl (C=O) groups is 3. The number of amides is 2. The summed E-state index contributed by atoms with van der Waals surface area (Å²) in [7, 11) is 0. The van der Waals surface area contributed by atoms with Gasteiger partial charge in [0, 0.05) is 57.5 Å². The summed E-state index contributed by atoms with van der Waals surface area (Å²) in [6.45, 7) is 5.59. The molecule has 8 heteroatoms. The molecule has 0 saturated carbocycles. The van der Waals surface area contributed by atoms with Crippen molar-refractivity contribution in [3.63, 3.8) is 0 Å². The van der Waals surface area contributed by atoms with Crippen LogP contribution in [0.3, 0.4) is 0 Å². The van der Waals surface area contributed by atoms with Crippen molar-refractivity contribution in [3.05, 3.63) is 77.1 Å². The van der Waals surface area contributed by atoms with Gasteiger partial charge in [0.2, 0.25) is 5.91 Å². The Labute approximate surface area is 186 Å². The van der Waals surface area contributed by atoms with Crippen molar-refractivity contribution >= 4 is 29.7 Å². The molecule has 2 heterocycles. The Balaban J connectivity index is 1.52. The van der Waals surface area contributed by atoms with E-state index in [1.165, 1.54) is 17.6 Å². The van der Waals surface area contributed by atoms with Crippen LogP contribution in [0.25, 0.3) is 12.2 Å². The van der Waals surface area contributed by atoms with Crippen molar-refractivity contribution in [2.75, 3.05) is 26.2 Å². The van der Waals surface area contributed by atoms with Crippen molar-refractivity contribution in [2.24, 2.45) is 0 Å². The first-order valence-corrected chi connectivity index (χ1v) is 10.3. The van der Waals surface area contributed by atoms with Crippen LogP contribution in [-0.4, -0.2) is 63.8 Å². The second kappa shape index (κ2) is 11.1. The molecule has 0 spiro atoms. The molecule has 0 bridgehead atoms. The molecular weight excluding hydrogens is 408 g/mol. The molecule has 1 aliphatic rings. The third kappa shape index (κ3) is 6.69. The van der Waals surface area contributed by atoms with Gasteiger partial charge in [-0.3, -0.25) is 29.5 Å². The molecule has 0 atom stereocenters. The number of hydroxylamine groups is 1. The number of aromatic nitrogens is 1. The molecule has 2 amide bonds. The van der Waals surface area contributed by atoms with Gasteiger partial charge in [-0.25, -0.2) is 5.48 Å². The van der Waals surface area contributed by atoms with Gasteiger partial charge in [-0.1, -0.05) is 30.3 Å². The zero-order valence-electron chi connectivity index (χ0n) is 17.9. The maximum atomic E-state index is 12.5. The highest BCUT2D eigenvalue weighted by molar-refractivity contribution is 6.06. The van der Waals surface area contributed by atoms with E-state index in [2.05, 4.69) is 9.88 Å². The van der Waals surface area contributed by atoms with Gasteiger partial charge < -0.3 is 4.90 Å². The van der Waals surface area contributed by atoms with Crippen LogP contribution in [0.1, 0.15) is 34.1 Å². The number of hydrogen-bond acceptors (Lipinski definition) is 6. The molecule has 32 heavy (non-hydrogen) atoms. The second-order valence-corrected chi connectivity index (χ2v) is 7.50. The average molecular weight is 434 g/mol. The number of benzene rings is 1. The maximum absolute atomic E-state index is 12.5. The molecule has 2 aromatic rings. The molecule has 1 fully saturated rings. The first kappa shape index (κ1) is 23.1. The molecule has 0 radical (unpaired) electrons. The van der Waals surface area contributed by atoms with Gasteiger partial charge in [-0.05, 0) is 35.4 Å². The smallest absolute Gasteiger partial charge is 0.267 e. The summed E-state index contributed by atoms with van der Waals surface area (Å²) < 4.78 is 0. The molecule has 0 aliphatic carbocycles. The van der Waals surface area contributed by atoms with Crippen LogP contribution in [-0.2, 0) is 16.1 Å². The molecule has 1 aromatic carbocycles. The second-order valence-electron chi connectivity index (χ2n) is 7.50. The average Bonchev–Trinajstić information content (AvgIpc) is 2.82. The van der Waals surface area contributed by atoms with E-state index in [4.69, 9.17) is 5.21 Å². The number of nitrogens with zero attached hydrogens (tertiary/aromatic N) is 3. The Kier molecular flexibility index (Phi) is 8.02. The highest BCUT2D eigenvalue weighted by Gasteiger charge is 2.18. The van der Waals surface area contributed by atoms with Crippen LogP contribution in [0.2, 0.25) is 0 Å². The summed E-state index contributed by atoms with van der Waals surface area (Å²) >= 11 is 0. The molecule has 2 N–H and O–H groups in total. The number of nitrogens with one attached hydrogen (secondary N) is 1. The van der Waals surface area contributed by atoms with E-state index in [1.807, 2.05) is 29.2 Å². The Hall–Kier alpha value is -3.62. The highest BCUT2D eigenvalue weighted by atomic mass is 16.5. The number of ketones is 1. The topological polar surface area (TPSA) is 103 Å². The molecule has 3 rings (SSSR count). The van der Waals surface area contributed by atoms with Crippen LogP contribution in [0.5, 0.6) is 0 Å². The lowest BCUT2D eigenvalue weighted by molar-refractivity contribution is -0.130. The monoisotopic (exact) mass is 434 g/mol. The third-order valence-corrected chi connectivity index (χ3v) is 5.21. The Bertz CT molecular complexity index is 1010. The number of hydrogen-bond donors (Lipinski definition) is 2.